The fraction of sp³-hybridized carbons (Fsp3) is 0.296. The molecule has 3 aromatic carbocycles. The van der Waals surface area contributed by atoms with Crippen LogP contribution >= 0.6 is 0 Å². The standard InChI is InChI=1S/C27H27F3N2O5S/c1-36-22-11-13-24(14-12-22)38(34,35)32-15-3-6-25(32)26(33)31-17-20-4-2-5-23(16-20)37-18-19-7-9-21(10-8-19)27(28,29)30/h2,4-5,7-14,16,25H,3,6,15,17-18H2,1H3,(H,31,33)/t25-/m0/s1. The lowest BCUT2D eigenvalue weighted by atomic mass is 10.1. The number of methoxy groups -OCH3 is 1. The van der Waals surface area contributed by atoms with Crippen LogP contribution < -0.4 is 14.8 Å². The highest BCUT2D eigenvalue weighted by molar-refractivity contribution is 7.89. The first-order chi connectivity index (χ1) is 18.1. The molecule has 1 fully saturated rings. The lowest BCUT2D eigenvalue weighted by Gasteiger charge is -2.23. The molecule has 1 aliphatic heterocycles. The van der Waals surface area contributed by atoms with Crippen molar-refractivity contribution in [2.24, 2.45) is 0 Å². The number of halogens is 3. The molecule has 1 amide bonds. The minimum absolute atomic E-state index is 0.0776. The van der Waals surface area contributed by atoms with Crippen molar-refractivity contribution in [3.05, 3.63) is 89.5 Å². The van der Waals surface area contributed by atoms with Gasteiger partial charge in [0.2, 0.25) is 15.9 Å². The maximum Gasteiger partial charge on any atom is 0.416 e. The minimum atomic E-state index is -4.40. The zero-order chi connectivity index (χ0) is 27.3. The van der Waals surface area contributed by atoms with Crippen molar-refractivity contribution in [3.63, 3.8) is 0 Å². The predicted molar refractivity (Wildman–Crippen MR) is 134 cm³/mol. The number of hydrogen-bond acceptors (Lipinski definition) is 5. The summed E-state index contributed by atoms with van der Waals surface area (Å²) in [4.78, 5) is 13.0. The summed E-state index contributed by atoms with van der Waals surface area (Å²) < 4.78 is 76.5. The van der Waals surface area contributed by atoms with Crippen LogP contribution in [0.5, 0.6) is 11.5 Å². The van der Waals surface area contributed by atoms with Gasteiger partial charge in [0, 0.05) is 13.1 Å². The van der Waals surface area contributed by atoms with E-state index < -0.39 is 33.7 Å². The molecule has 38 heavy (non-hydrogen) atoms. The van der Waals surface area contributed by atoms with E-state index in [2.05, 4.69) is 5.32 Å². The Morgan fingerprint density at radius 1 is 1.00 bits per heavy atom. The lowest BCUT2D eigenvalue weighted by Crippen LogP contribution is -2.45. The second-order valence-electron chi connectivity index (χ2n) is 8.80. The number of rotatable bonds is 9. The SMILES string of the molecule is COc1ccc(S(=O)(=O)N2CCC[C@H]2C(=O)NCc2cccc(OCc3ccc(C(F)(F)F)cc3)c2)cc1. The van der Waals surface area contributed by atoms with E-state index >= 15 is 0 Å². The van der Waals surface area contributed by atoms with E-state index in [1.807, 2.05) is 0 Å². The van der Waals surface area contributed by atoms with Gasteiger partial charge < -0.3 is 14.8 Å². The van der Waals surface area contributed by atoms with E-state index in [0.29, 0.717) is 29.9 Å². The Balaban J connectivity index is 1.35. The number of amides is 1. The molecule has 0 bridgehead atoms. The van der Waals surface area contributed by atoms with Gasteiger partial charge in [0.05, 0.1) is 17.6 Å². The summed E-state index contributed by atoms with van der Waals surface area (Å²) in [7, 11) is -2.37. The first-order valence-corrected chi connectivity index (χ1v) is 13.3. The summed E-state index contributed by atoms with van der Waals surface area (Å²) >= 11 is 0. The smallest absolute Gasteiger partial charge is 0.416 e. The largest absolute Gasteiger partial charge is 0.497 e. The van der Waals surface area contributed by atoms with E-state index in [1.165, 1.54) is 35.7 Å². The van der Waals surface area contributed by atoms with Crippen molar-refractivity contribution in [2.45, 2.75) is 43.1 Å². The Kier molecular flexibility index (Phi) is 8.27. The van der Waals surface area contributed by atoms with Gasteiger partial charge in [-0.05, 0) is 72.5 Å². The topological polar surface area (TPSA) is 84.9 Å². The molecule has 1 atom stereocenters. The summed E-state index contributed by atoms with van der Waals surface area (Å²) in [5.41, 5.74) is 0.582. The highest BCUT2D eigenvalue weighted by Gasteiger charge is 2.39. The summed E-state index contributed by atoms with van der Waals surface area (Å²) in [6.07, 6.45) is -3.41. The van der Waals surface area contributed by atoms with Gasteiger partial charge in [0.15, 0.2) is 0 Å². The number of carbonyl (C=O) groups excluding carboxylic acids is 1. The molecule has 202 valence electrons. The highest BCUT2D eigenvalue weighted by Crippen LogP contribution is 2.30. The number of carbonyl (C=O) groups is 1. The molecule has 1 aliphatic rings. The Hall–Kier alpha value is -3.57. The van der Waals surface area contributed by atoms with Crippen molar-refractivity contribution in [1.82, 2.24) is 9.62 Å². The molecule has 0 saturated carbocycles. The Morgan fingerprint density at radius 2 is 1.71 bits per heavy atom. The van der Waals surface area contributed by atoms with Crippen molar-refractivity contribution in [3.8, 4) is 11.5 Å². The van der Waals surface area contributed by atoms with Gasteiger partial charge in [-0.15, -0.1) is 0 Å². The monoisotopic (exact) mass is 548 g/mol. The molecule has 1 saturated heterocycles. The number of sulfonamides is 1. The van der Waals surface area contributed by atoms with Crippen molar-refractivity contribution in [2.75, 3.05) is 13.7 Å². The molecular formula is C27H27F3N2O5S. The first kappa shape index (κ1) is 27.5. The van der Waals surface area contributed by atoms with Crippen LogP contribution in [0.15, 0.2) is 77.7 Å². The van der Waals surface area contributed by atoms with E-state index in [0.717, 1.165) is 17.7 Å². The van der Waals surface area contributed by atoms with Crippen LogP contribution in [-0.4, -0.2) is 38.3 Å². The molecule has 1 N–H and O–H groups in total. The fourth-order valence-corrected chi connectivity index (χ4v) is 5.84. The maximum absolute atomic E-state index is 13.2. The molecule has 1 heterocycles. The third kappa shape index (κ3) is 6.46. The molecule has 0 aromatic heterocycles. The van der Waals surface area contributed by atoms with E-state index in [4.69, 9.17) is 9.47 Å². The molecule has 0 unspecified atom stereocenters. The maximum atomic E-state index is 13.2. The van der Waals surface area contributed by atoms with Gasteiger partial charge in [-0.1, -0.05) is 24.3 Å². The van der Waals surface area contributed by atoms with Gasteiger partial charge in [-0.2, -0.15) is 17.5 Å². The number of nitrogens with one attached hydrogen (secondary N) is 1. The normalized spacial score (nSPS) is 16.3. The van der Waals surface area contributed by atoms with Gasteiger partial charge in [0.25, 0.3) is 0 Å². The summed E-state index contributed by atoms with van der Waals surface area (Å²) in [5.74, 6) is 0.627. The number of ether oxygens (including phenoxy) is 2. The molecule has 7 nitrogen and oxygen atoms in total. The Bertz CT molecular complexity index is 1360. The second kappa shape index (κ2) is 11.4. The zero-order valence-electron chi connectivity index (χ0n) is 20.6. The van der Waals surface area contributed by atoms with Gasteiger partial charge in [-0.3, -0.25) is 4.79 Å². The predicted octanol–water partition coefficient (Wildman–Crippen LogP) is 4.76. The summed E-state index contributed by atoms with van der Waals surface area (Å²) in [5, 5.41) is 2.81. The first-order valence-electron chi connectivity index (χ1n) is 11.9. The average molecular weight is 549 g/mol. The number of hydrogen-bond donors (Lipinski definition) is 1. The van der Waals surface area contributed by atoms with Crippen LogP contribution in [-0.2, 0) is 34.1 Å². The third-order valence-corrected chi connectivity index (χ3v) is 8.15. The lowest BCUT2D eigenvalue weighted by molar-refractivity contribution is -0.137. The van der Waals surface area contributed by atoms with Crippen LogP contribution in [0.25, 0.3) is 0 Å². The number of benzene rings is 3. The van der Waals surface area contributed by atoms with Crippen LogP contribution in [0.3, 0.4) is 0 Å². The Labute approximate surface area is 219 Å². The van der Waals surface area contributed by atoms with Gasteiger partial charge >= 0.3 is 6.18 Å². The molecule has 0 radical (unpaired) electrons. The third-order valence-electron chi connectivity index (χ3n) is 6.22. The second-order valence-corrected chi connectivity index (χ2v) is 10.7. The molecule has 4 rings (SSSR count). The van der Waals surface area contributed by atoms with Gasteiger partial charge in [-0.25, -0.2) is 8.42 Å². The minimum Gasteiger partial charge on any atom is -0.497 e. The number of alkyl halides is 3. The van der Waals surface area contributed by atoms with E-state index in [-0.39, 0.29) is 24.6 Å². The summed E-state index contributed by atoms with van der Waals surface area (Å²) in [6, 6.07) is 16.9. The molecule has 11 heteroatoms. The molecule has 0 aliphatic carbocycles. The van der Waals surface area contributed by atoms with E-state index in [1.54, 1.807) is 36.4 Å². The van der Waals surface area contributed by atoms with Crippen LogP contribution in [0.1, 0.15) is 29.5 Å². The van der Waals surface area contributed by atoms with Crippen LogP contribution in [0.2, 0.25) is 0 Å². The molecule has 0 spiro atoms. The quantitative estimate of drug-likeness (QED) is 0.417. The highest BCUT2D eigenvalue weighted by atomic mass is 32.2. The van der Waals surface area contributed by atoms with Crippen LogP contribution in [0.4, 0.5) is 13.2 Å². The van der Waals surface area contributed by atoms with Crippen molar-refractivity contribution < 1.29 is 35.9 Å². The Morgan fingerprint density at radius 3 is 2.37 bits per heavy atom. The molecular weight excluding hydrogens is 521 g/mol. The van der Waals surface area contributed by atoms with Crippen molar-refractivity contribution in [1.29, 1.82) is 0 Å². The number of nitrogens with zero attached hydrogens (tertiary/aromatic N) is 1. The fourth-order valence-electron chi connectivity index (χ4n) is 4.18. The van der Waals surface area contributed by atoms with E-state index in [9.17, 15) is 26.4 Å². The van der Waals surface area contributed by atoms with Crippen LogP contribution in [0, 0.1) is 0 Å². The van der Waals surface area contributed by atoms with Crippen molar-refractivity contribution >= 4 is 15.9 Å². The average Bonchev–Trinajstić information content (AvgIpc) is 3.42. The summed E-state index contributed by atoms with van der Waals surface area (Å²) in [6.45, 7) is 0.483. The van der Waals surface area contributed by atoms with Gasteiger partial charge in [0.1, 0.15) is 24.1 Å². The zero-order valence-corrected chi connectivity index (χ0v) is 21.4. The molecule has 3 aromatic rings.